The van der Waals surface area contributed by atoms with Crippen molar-refractivity contribution in [3.05, 3.63) is 64.2 Å². The summed E-state index contributed by atoms with van der Waals surface area (Å²) in [4.78, 5) is 10.5. The number of hydrogen-bond donors (Lipinski definition) is 4. The van der Waals surface area contributed by atoms with Gasteiger partial charge >= 0.3 is 0 Å². The number of thiocarbonyl (C=S) groups is 2. The van der Waals surface area contributed by atoms with Crippen LogP contribution in [0.25, 0.3) is 0 Å². The molecule has 0 saturated heterocycles. The van der Waals surface area contributed by atoms with Crippen molar-refractivity contribution in [2.24, 2.45) is 0 Å². The Bertz CT molecular complexity index is 809. The van der Waals surface area contributed by atoms with E-state index in [1.54, 1.807) is 18.2 Å². The minimum absolute atomic E-state index is 0.0670. The summed E-state index contributed by atoms with van der Waals surface area (Å²) in [6.07, 6.45) is 0. The fraction of sp³-hybridized carbons (Fsp3) is 0.176. The highest BCUT2D eigenvalue weighted by molar-refractivity contribution is 7.81. The van der Waals surface area contributed by atoms with Crippen LogP contribution in [0.2, 0.25) is 0 Å². The first-order valence-corrected chi connectivity index (χ1v) is 8.66. The lowest BCUT2D eigenvalue weighted by Crippen LogP contribution is -2.45. The fourth-order valence-electron chi connectivity index (χ4n) is 2.12. The molecule has 26 heavy (non-hydrogen) atoms. The maximum Gasteiger partial charge on any atom is 0.292 e. The molecular weight excluding hydrogens is 370 g/mol. The quantitative estimate of drug-likeness (QED) is 0.355. The third-order valence-corrected chi connectivity index (χ3v) is 3.88. The standard InChI is InChI=1S/C17H19N5O2S2/c1-11(2)12-7-9-13(10-8-12)18-16(25)20-21-17(26)19-14-5-3-4-6-15(14)22(23)24/h3-11H,1-2H3,(H2,18,20,25)(H2,19,21,26). The van der Waals surface area contributed by atoms with Crippen LogP contribution >= 0.6 is 24.4 Å². The number of hydrazine groups is 1. The topological polar surface area (TPSA) is 91.3 Å². The molecule has 7 nitrogen and oxygen atoms in total. The molecule has 0 aliphatic carbocycles. The predicted octanol–water partition coefficient (Wildman–Crippen LogP) is 3.91. The van der Waals surface area contributed by atoms with Gasteiger partial charge in [0.2, 0.25) is 0 Å². The zero-order valence-corrected chi connectivity index (χ0v) is 15.9. The van der Waals surface area contributed by atoms with Gasteiger partial charge in [-0.2, -0.15) is 0 Å². The van der Waals surface area contributed by atoms with Crippen molar-refractivity contribution >= 4 is 51.7 Å². The molecule has 9 heteroatoms. The monoisotopic (exact) mass is 389 g/mol. The Balaban J connectivity index is 1.85. The molecule has 2 rings (SSSR count). The normalized spacial score (nSPS) is 10.1. The molecule has 2 aromatic rings. The molecular formula is C17H19N5O2S2. The highest BCUT2D eigenvalue weighted by Crippen LogP contribution is 2.22. The van der Waals surface area contributed by atoms with Crippen LogP contribution in [0.4, 0.5) is 17.1 Å². The second-order valence-corrected chi connectivity index (χ2v) is 6.53. The molecule has 0 radical (unpaired) electrons. The van der Waals surface area contributed by atoms with Crippen LogP contribution in [0.5, 0.6) is 0 Å². The maximum absolute atomic E-state index is 11.0. The lowest BCUT2D eigenvalue weighted by Gasteiger charge is -2.15. The number of anilines is 2. The number of nitrogens with one attached hydrogen (secondary N) is 4. The van der Waals surface area contributed by atoms with Gasteiger partial charge in [0.05, 0.1) is 4.92 Å². The summed E-state index contributed by atoms with van der Waals surface area (Å²) in [7, 11) is 0. The van der Waals surface area contributed by atoms with Gasteiger partial charge in [0.15, 0.2) is 10.2 Å². The Morgan fingerprint density at radius 1 is 0.962 bits per heavy atom. The number of nitrogens with zero attached hydrogens (tertiary/aromatic N) is 1. The lowest BCUT2D eigenvalue weighted by atomic mass is 10.0. The van der Waals surface area contributed by atoms with E-state index in [0.717, 1.165) is 5.69 Å². The number of nitro benzene ring substituents is 1. The van der Waals surface area contributed by atoms with Crippen LogP contribution in [0.3, 0.4) is 0 Å². The molecule has 0 bridgehead atoms. The van der Waals surface area contributed by atoms with E-state index in [0.29, 0.717) is 16.7 Å². The molecule has 0 saturated carbocycles. The third-order valence-electron chi connectivity index (χ3n) is 3.47. The van der Waals surface area contributed by atoms with Crippen LogP contribution in [-0.4, -0.2) is 15.1 Å². The number of rotatable bonds is 4. The Labute approximate surface area is 162 Å². The van der Waals surface area contributed by atoms with E-state index in [2.05, 4.69) is 35.3 Å². The zero-order valence-electron chi connectivity index (χ0n) is 14.3. The molecule has 136 valence electrons. The summed E-state index contributed by atoms with van der Waals surface area (Å²) >= 11 is 10.3. The van der Waals surface area contributed by atoms with Gasteiger partial charge < -0.3 is 10.6 Å². The molecule has 0 aliphatic rings. The minimum atomic E-state index is -0.481. The molecule has 0 fully saturated rings. The van der Waals surface area contributed by atoms with E-state index in [4.69, 9.17) is 24.4 Å². The van der Waals surface area contributed by atoms with Gasteiger partial charge in [-0.1, -0.05) is 38.1 Å². The van der Waals surface area contributed by atoms with Crippen LogP contribution < -0.4 is 21.5 Å². The van der Waals surface area contributed by atoms with Crippen molar-refractivity contribution < 1.29 is 4.92 Å². The molecule has 0 aliphatic heterocycles. The van der Waals surface area contributed by atoms with Gasteiger partial charge in [0, 0.05) is 11.8 Å². The lowest BCUT2D eigenvalue weighted by molar-refractivity contribution is -0.383. The van der Waals surface area contributed by atoms with E-state index in [1.165, 1.54) is 11.6 Å². The molecule has 0 heterocycles. The molecule has 0 aromatic heterocycles. The summed E-state index contributed by atoms with van der Waals surface area (Å²) in [6.45, 7) is 4.26. The van der Waals surface area contributed by atoms with E-state index in [9.17, 15) is 10.1 Å². The molecule has 2 aromatic carbocycles. The minimum Gasteiger partial charge on any atom is -0.331 e. The number of nitro groups is 1. The molecule has 4 N–H and O–H groups in total. The number of benzene rings is 2. The van der Waals surface area contributed by atoms with E-state index in [1.807, 2.05) is 24.3 Å². The summed E-state index contributed by atoms with van der Waals surface area (Å²) in [5.41, 5.74) is 7.73. The van der Waals surface area contributed by atoms with Gasteiger partial charge in [0.25, 0.3) is 5.69 Å². The van der Waals surface area contributed by atoms with Gasteiger partial charge in [-0.05, 0) is 54.1 Å². The first kappa shape index (κ1) is 19.5. The van der Waals surface area contributed by atoms with Crippen molar-refractivity contribution in [2.75, 3.05) is 10.6 Å². The number of para-hydroxylation sites is 2. The molecule has 0 atom stereocenters. The van der Waals surface area contributed by atoms with Crippen molar-refractivity contribution in [3.8, 4) is 0 Å². The van der Waals surface area contributed by atoms with Crippen molar-refractivity contribution in [1.29, 1.82) is 0 Å². The Kier molecular flexibility index (Phi) is 6.81. The van der Waals surface area contributed by atoms with E-state index in [-0.39, 0.29) is 10.8 Å². The summed E-state index contributed by atoms with van der Waals surface area (Å²) in [5.74, 6) is 0.460. The summed E-state index contributed by atoms with van der Waals surface area (Å²) < 4.78 is 0. The first-order chi connectivity index (χ1) is 12.4. The average Bonchev–Trinajstić information content (AvgIpc) is 2.60. The predicted molar refractivity (Wildman–Crippen MR) is 112 cm³/mol. The summed E-state index contributed by atoms with van der Waals surface area (Å²) in [5, 5.41) is 17.2. The van der Waals surface area contributed by atoms with Crippen molar-refractivity contribution in [3.63, 3.8) is 0 Å². The average molecular weight is 390 g/mol. The Morgan fingerprint density at radius 3 is 2.12 bits per heavy atom. The van der Waals surface area contributed by atoms with Crippen molar-refractivity contribution in [2.45, 2.75) is 19.8 Å². The first-order valence-electron chi connectivity index (χ1n) is 7.84. The van der Waals surface area contributed by atoms with Gasteiger partial charge in [-0.3, -0.25) is 21.0 Å². The Hall–Kier alpha value is -2.78. The Morgan fingerprint density at radius 2 is 1.54 bits per heavy atom. The van der Waals surface area contributed by atoms with Crippen LogP contribution in [-0.2, 0) is 0 Å². The smallest absolute Gasteiger partial charge is 0.292 e. The molecule has 0 unspecified atom stereocenters. The second kappa shape index (κ2) is 9.07. The zero-order chi connectivity index (χ0) is 19.1. The van der Waals surface area contributed by atoms with Gasteiger partial charge in [0.1, 0.15) is 5.69 Å². The highest BCUT2D eigenvalue weighted by Gasteiger charge is 2.13. The van der Waals surface area contributed by atoms with Crippen LogP contribution in [0, 0.1) is 10.1 Å². The highest BCUT2D eigenvalue weighted by atomic mass is 32.1. The summed E-state index contributed by atoms with van der Waals surface area (Å²) in [6, 6.07) is 14.2. The van der Waals surface area contributed by atoms with Gasteiger partial charge in [-0.25, -0.2) is 0 Å². The third kappa shape index (κ3) is 5.64. The van der Waals surface area contributed by atoms with E-state index < -0.39 is 4.92 Å². The van der Waals surface area contributed by atoms with Crippen LogP contribution in [0.15, 0.2) is 48.5 Å². The largest absolute Gasteiger partial charge is 0.331 e. The van der Waals surface area contributed by atoms with Crippen LogP contribution in [0.1, 0.15) is 25.3 Å². The fourth-order valence-corrected chi connectivity index (χ4v) is 2.45. The SMILES string of the molecule is CC(C)c1ccc(NC(=S)NNC(=S)Nc2ccccc2[N+](=O)[O-])cc1. The number of hydrogen-bond acceptors (Lipinski definition) is 4. The second-order valence-electron chi connectivity index (χ2n) is 5.71. The van der Waals surface area contributed by atoms with E-state index >= 15 is 0 Å². The van der Waals surface area contributed by atoms with Crippen molar-refractivity contribution in [1.82, 2.24) is 10.9 Å². The molecule has 0 amide bonds. The maximum atomic E-state index is 11.0. The molecule has 0 spiro atoms. The van der Waals surface area contributed by atoms with Gasteiger partial charge in [-0.15, -0.1) is 0 Å².